The number of hydrogen-bond acceptors (Lipinski definition) is 5. The Morgan fingerprint density at radius 2 is 1.74 bits per heavy atom. The fourth-order valence-corrected chi connectivity index (χ4v) is 5.18. The van der Waals surface area contributed by atoms with E-state index in [-0.39, 0.29) is 30.2 Å². The molecule has 168 valence electrons. The number of methoxy groups -OCH3 is 2. The molecule has 3 amide bonds. The van der Waals surface area contributed by atoms with Crippen molar-refractivity contribution < 1.29 is 23.9 Å². The van der Waals surface area contributed by atoms with E-state index in [2.05, 4.69) is 5.32 Å². The van der Waals surface area contributed by atoms with Gasteiger partial charge in [-0.15, -0.1) is 0 Å². The second-order valence-electron chi connectivity index (χ2n) is 8.78. The molecule has 31 heavy (non-hydrogen) atoms. The lowest BCUT2D eigenvalue weighted by Gasteiger charge is -2.50. The SMILES string of the molecule is COc1cc(CC(=O)N2CC[C@H]3NC(=O)CC[C@]3(C(=O)N3CCCC3)C2)cc(OC)c1. The number of likely N-dealkylation sites (tertiary alicyclic amines) is 2. The topological polar surface area (TPSA) is 88.2 Å². The van der Waals surface area contributed by atoms with Gasteiger partial charge in [0.15, 0.2) is 0 Å². The van der Waals surface area contributed by atoms with E-state index in [1.165, 1.54) is 0 Å². The Bertz CT molecular complexity index is 845. The number of carbonyl (C=O) groups is 3. The van der Waals surface area contributed by atoms with E-state index >= 15 is 0 Å². The summed E-state index contributed by atoms with van der Waals surface area (Å²) in [5, 5.41) is 3.05. The standard InChI is InChI=1S/C23H31N3O5/c1-30-17-11-16(12-18(14-17)31-2)13-21(28)26-10-6-19-23(15-26,7-5-20(27)24-19)22(29)25-8-3-4-9-25/h11-12,14,19H,3-10,13,15H2,1-2H3,(H,24,27)/t19-,23+/m1/s1. The Kier molecular flexibility index (Phi) is 6.07. The van der Waals surface area contributed by atoms with Crippen molar-refractivity contribution in [3.8, 4) is 11.5 Å². The number of ether oxygens (including phenoxy) is 2. The molecule has 1 N–H and O–H groups in total. The van der Waals surface area contributed by atoms with Crippen LogP contribution < -0.4 is 14.8 Å². The van der Waals surface area contributed by atoms with Crippen LogP contribution in [0.5, 0.6) is 11.5 Å². The predicted molar refractivity (Wildman–Crippen MR) is 114 cm³/mol. The van der Waals surface area contributed by atoms with Crippen LogP contribution in [0.2, 0.25) is 0 Å². The molecule has 0 unspecified atom stereocenters. The number of nitrogens with one attached hydrogen (secondary N) is 1. The van der Waals surface area contributed by atoms with Crippen molar-refractivity contribution in [2.24, 2.45) is 5.41 Å². The molecule has 0 bridgehead atoms. The first-order chi connectivity index (χ1) is 14.9. The van der Waals surface area contributed by atoms with Crippen LogP contribution in [-0.4, -0.2) is 74.0 Å². The molecule has 0 aliphatic carbocycles. The normalized spacial score (nSPS) is 25.6. The average Bonchev–Trinajstić information content (AvgIpc) is 3.32. The summed E-state index contributed by atoms with van der Waals surface area (Å²) in [6, 6.07) is 5.23. The minimum absolute atomic E-state index is 0.00176. The molecule has 3 aliphatic heterocycles. The van der Waals surface area contributed by atoms with E-state index in [1.807, 2.05) is 17.0 Å². The number of carbonyl (C=O) groups excluding carboxylic acids is 3. The molecule has 1 aromatic rings. The van der Waals surface area contributed by atoms with E-state index in [9.17, 15) is 14.4 Å². The van der Waals surface area contributed by atoms with Crippen LogP contribution >= 0.6 is 0 Å². The molecule has 0 saturated carbocycles. The van der Waals surface area contributed by atoms with Crippen molar-refractivity contribution in [1.29, 1.82) is 0 Å². The molecule has 0 radical (unpaired) electrons. The Balaban J connectivity index is 1.54. The largest absolute Gasteiger partial charge is 0.497 e. The van der Waals surface area contributed by atoms with Crippen LogP contribution in [-0.2, 0) is 20.8 Å². The molecule has 0 spiro atoms. The Labute approximate surface area is 182 Å². The Morgan fingerprint density at radius 3 is 2.39 bits per heavy atom. The highest BCUT2D eigenvalue weighted by molar-refractivity contribution is 5.89. The van der Waals surface area contributed by atoms with Crippen molar-refractivity contribution >= 4 is 17.7 Å². The van der Waals surface area contributed by atoms with E-state index in [4.69, 9.17) is 9.47 Å². The molecule has 1 aromatic carbocycles. The van der Waals surface area contributed by atoms with E-state index in [1.54, 1.807) is 25.2 Å². The molecule has 3 heterocycles. The molecular weight excluding hydrogens is 398 g/mol. The first kappa shape index (κ1) is 21.5. The van der Waals surface area contributed by atoms with Crippen LogP contribution in [0.15, 0.2) is 18.2 Å². The summed E-state index contributed by atoms with van der Waals surface area (Å²) in [6.07, 6.45) is 3.65. The first-order valence-corrected chi connectivity index (χ1v) is 11.0. The quantitative estimate of drug-likeness (QED) is 0.764. The molecule has 8 nitrogen and oxygen atoms in total. The van der Waals surface area contributed by atoms with Crippen molar-refractivity contribution in [1.82, 2.24) is 15.1 Å². The smallest absolute Gasteiger partial charge is 0.232 e. The van der Waals surface area contributed by atoms with Gasteiger partial charge >= 0.3 is 0 Å². The highest BCUT2D eigenvalue weighted by Gasteiger charge is 2.54. The van der Waals surface area contributed by atoms with Gasteiger partial charge < -0.3 is 24.6 Å². The van der Waals surface area contributed by atoms with Crippen LogP contribution in [0.3, 0.4) is 0 Å². The lowest BCUT2D eigenvalue weighted by atomic mass is 9.69. The molecular formula is C23H31N3O5. The zero-order valence-electron chi connectivity index (χ0n) is 18.3. The molecule has 3 saturated heterocycles. The second kappa shape index (κ2) is 8.77. The number of rotatable bonds is 5. The van der Waals surface area contributed by atoms with Crippen LogP contribution in [0.4, 0.5) is 0 Å². The lowest BCUT2D eigenvalue weighted by Crippen LogP contribution is -2.67. The van der Waals surface area contributed by atoms with Gasteiger partial charge in [-0.1, -0.05) is 0 Å². The van der Waals surface area contributed by atoms with Gasteiger partial charge in [-0.05, 0) is 43.4 Å². The monoisotopic (exact) mass is 429 g/mol. The molecule has 4 rings (SSSR count). The maximum Gasteiger partial charge on any atom is 0.232 e. The van der Waals surface area contributed by atoms with Crippen LogP contribution in [0.25, 0.3) is 0 Å². The fraction of sp³-hybridized carbons (Fsp3) is 0.609. The van der Waals surface area contributed by atoms with Crippen LogP contribution in [0, 0.1) is 5.41 Å². The first-order valence-electron chi connectivity index (χ1n) is 11.0. The van der Waals surface area contributed by atoms with Crippen molar-refractivity contribution in [2.45, 2.75) is 44.6 Å². The minimum Gasteiger partial charge on any atom is -0.497 e. The highest BCUT2D eigenvalue weighted by Crippen LogP contribution is 2.40. The summed E-state index contributed by atoms with van der Waals surface area (Å²) in [7, 11) is 3.16. The number of amides is 3. The van der Waals surface area contributed by atoms with Crippen molar-refractivity contribution in [3.63, 3.8) is 0 Å². The molecule has 2 atom stereocenters. The van der Waals surface area contributed by atoms with Gasteiger partial charge in [-0.25, -0.2) is 0 Å². The van der Waals surface area contributed by atoms with E-state index in [0.29, 0.717) is 43.9 Å². The van der Waals surface area contributed by atoms with E-state index in [0.717, 1.165) is 31.5 Å². The molecule has 8 heteroatoms. The van der Waals surface area contributed by atoms with Crippen LogP contribution in [0.1, 0.15) is 37.7 Å². The van der Waals surface area contributed by atoms with Gasteiger partial charge in [0.05, 0.1) is 26.1 Å². The fourth-order valence-electron chi connectivity index (χ4n) is 5.18. The summed E-state index contributed by atoms with van der Waals surface area (Å²) in [5.41, 5.74) is 0.0818. The number of benzene rings is 1. The Hall–Kier alpha value is -2.77. The summed E-state index contributed by atoms with van der Waals surface area (Å²) in [6.45, 7) is 2.41. The summed E-state index contributed by atoms with van der Waals surface area (Å²) < 4.78 is 10.6. The molecule has 3 fully saturated rings. The third-order valence-electron chi connectivity index (χ3n) is 6.90. The number of fused-ring (bicyclic) bond motifs is 1. The highest BCUT2D eigenvalue weighted by atomic mass is 16.5. The molecule has 0 aromatic heterocycles. The van der Waals surface area contributed by atoms with Crippen molar-refractivity contribution in [3.05, 3.63) is 23.8 Å². The summed E-state index contributed by atoms with van der Waals surface area (Å²) in [4.78, 5) is 42.5. The van der Waals surface area contributed by atoms with Gasteiger partial charge in [-0.3, -0.25) is 14.4 Å². The second-order valence-corrected chi connectivity index (χ2v) is 8.78. The van der Waals surface area contributed by atoms with Gasteiger partial charge in [0.1, 0.15) is 11.5 Å². The van der Waals surface area contributed by atoms with Gasteiger partial charge in [0.2, 0.25) is 17.7 Å². The third-order valence-corrected chi connectivity index (χ3v) is 6.90. The predicted octanol–water partition coefficient (Wildman–Crippen LogP) is 1.37. The van der Waals surface area contributed by atoms with E-state index < -0.39 is 5.41 Å². The number of nitrogens with zero attached hydrogens (tertiary/aromatic N) is 2. The zero-order chi connectivity index (χ0) is 22.0. The number of hydrogen-bond donors (Lipinski definition) is 1. The minimum atomic E-state index is -0.724. The number of piperidine rings is 2. The third kappa shape index (κ3) is 4.20. The maximum absolute atomic E-state index is 13.6. The van der Waals surface area contributed by atoms with Gasteiger partial charge in [0, 0.05) is 44.7 Å². The molecule has 3 aliphatic rings. The zero-order valence-corrected chi connectivity index (χ0v) is 18.3. The maximum atomic E-state index is 13.6. The van der Waals surface area contributed by atoms with Gasteiger partial charge in [-0.2, -0.15) is 0 Å². The van der Waals surface area contributed by atoms with Gasteiger partial charge in [0.25, 0.3) is 0 Å². The summed E-state index contributed by atoms with van der Waals surface area (Å²) >= 11 is 0. The summed E-state index contributed by atoms with van der Waals surface area (Å²) in [5.74, 6) is 1.33. The van der Waals surface area contributed by atoms with Crippen molar-refractivity contribution in [2.75, 3.05) is 40.4 Å². The lowest BCUT2D eigenvalue weighted by molar-refractivity contribution is -0.155. The Morgan fingerprint density at radius 1 is 1.06 bits per heavy atom. The average molecular weight is 430 g/mol.